The van der Waals surface area contributed by atoms with Crippen LogP contribution in [0.15, 0.2) is 53.7 Å². The summed E-state index contributed by atoms with van der Waals surface area (Å²) in [6, 6.07) is 13.1. The number of halogens is 1. The molecule has 0 aliphatic carbocycles. The number of ketones is 1. The molecule has 5 nitrogen and oxygen atoms in total. The summed E-state index contributed by atoms with van der Waals surface area (Å²) in [5, 5.41) is 8.69. The highest BCUT2D eigenvalue weighted by molar-refractivity contribution is 8.00. The van der Waals surface area contributed by atoms with Gasteiger partial charge >= 0.3 is 0 Å². The molecule has 0 unspecified atom stereocenters. The van der Waals surface area contributed by atoms with Gasteiger partial charge in [-0.15, -0.1) is 10.2 Å². The highest BCUT2D eigenvalue weighted by Gasteiger charge is 2.20. The molecule has 0 spiro atoms. The highest BCUT2D eigenvalue weighted by atomic mass is 32.2. The molecule has 2 aromatic carbocycles. The van der Waals surface area contributed by atoms with Crippen LogP contribution in [0.5, 0.6) is 5.75 Å². The third-order valence-corrected chi connectivity index (χ3v) is 5.08. The maximum atomic E-state index is 13.0. The third kappa shape index (κ3) is 3.77. The van der Waals surface area contributed by atoms with Crippen LogP contribution in [0, 0.1) is 5.82 Å². The molecule has 26 heavy (non-hydrogen) atoms. The zero-order valence-electron chi connectivity index (χ0n) is 14.6. The largest absolute Gasteiger partial charge is 0.497 e. The second-order valence-electron chi connectivity index (χ2n) is 5.73. The molecule has 0 saturated heterocycles. The molecule has 1 atom stereocenters. The molecule has 0 saturated carbocycles. The lowest BCUT2D eigenvalue weighted by Crippen LogP contribution is -2.14. The van der Waals surface area contributed by atoms with Crippen LogP contribution in [0.25, 0.3) is 11.4 Å². The summed E-state index contributed by atoms with van der Waals surface area (Å²) in [6.45, 7) is 1.80. The first-order valence-corrected chi connectivity index (χ1v) is 8.88. The van der Waals surface area contributed by atoms with Crippen molar-refractivity contribution in [3.8, 4) is 17.1 Å². The first-order chi connectivity index (χ1) is 12.5. The Kier molecular flexibility index (Phi) is 5.37. The van der Waals surface area contributed by atoms with Crippen molar-refractivity contribution in [2.45, 2.75) is 17.3 Å². The molecular weight excluding hydrogens is 353 g/mol. The van der Waals surface area contributed by atoms with Crippen LogP contribution in [0.1, 0.15) is 17.3 Å². The summed E-state index contributed by atoms with van der Waals surface area (Å²) >= 11 is 1.32. The van der Waals surface area contributed by atoms with Gasteiger partial charge in [-0.2, -0.15) is 0 Å². The molecule has 7 heteroatoms. The monoisotopic (exact) mass is 371 g/mol. The van der Waals surface area contributed by atoms with Crippen molar-refractivity contribution in [1.29, 1.82) is 0 Å². The number of methoxy groups -OCH3 is 1. The minimum atomic E-state index is -0.374. The second kappa shape index (κ2) is 7.70. The van der Waals surface area contributed by atoms with E-state index < -0.39 is 0 Å². The first kappa shape index (κ1) is 18.1. The van der Waals surface area contributed by atoms with Crippen molar-refractivity contribution in [2.24, 2.45) is 7.05 Å². The quantitative estimate of drug-likeness (QED) is 0.484. The molecule has 0 N–H and O–H groups in total. The number of hydrogen-bond donors (Lipinski definition) is 0. The van der Waals surface area contributed by atoms with Gasteiger partial charge in [0.25, 0.3) is 0 Å². The number of carbonyl (C=O) groups excluding carboxylic acids is 1. The van der Waals surface area contributed by atoms with Crippen LogP contribution in [0.3, 0.4) is 0 Å². The minimum absolute atomic E-state index is 0.0825. The summed E-state index contributed by atoms with van der Waals surface area (Å²) in [5.41, 5.74) is 1.35. The molecule has 0 amide bonds. The fourth-order valence-electron chi connectivity index (χ4n) is 2.49. The molecule has 0 bridgehead atoms. The Morgan fingerprint density at radius 1 is 1.19 bits per heavy atom. The van der Waals surface area contributed by atoms with Crippen molar-refractivity contribution in [3.05, 3.63) is 59.9 Å². The standard InChI is InChI=1S/C19H18FN3O2S/c1-12(17(24)13-7-9-15(20)10-8-13)26-19-22-21-18(23(19)2)14-5-4-6-16(11-14)25-3/h4-12H,1-3H3/t12-/m1/s1. The number of aromatic nitrogens is 3. The summed E-state index contributed by atoms with van der Waals surface area (Å²) in [6.07, 6.45) is 0. The summed E-state index contributed by atoms with van der Waals surface area (Å²) in [5.74, 6) is 0.978. The Hall–Kier alpha value is -2.67. The zero-order chi connectivity index (χ0) is 18.7. The Morgan fingerprint density at radius 2 is 1.92 bits per heavy atom. The van der Waals surface area contributed by atoms with E-state index in [4.69, 9.17) is 4.74 Å². The van der Waals surface area contributed by atoms with Gasteiger partial charge in [0.2, 0.25) is 0 Å². The van der Waals surface area contributed by atoms with Crippen LogP contribution in [-0.2, 0) is 7.05 Å². The third-order valence-electron chi connectivity index (χ3n) is 3.94. The summed E-state index contributed by atoms with van der Waals surface area (Å²) in [4.78, 5) is 12.5. The molecule has 3 aromatic rings. The molecule has 0 aliphatic rings. The Labute approximate surface area is 155 Å². The number of carbonyl (C=O) groups is 1. The van der Waals surface area contributed by atoms with Gasteiger partial charge < -0.3 is 9.30 Å². The van der Waals surface area contributed by atoms with E-state index in [1.807, 2.05) is 35.9 Å². The van der Waals surface area contributed by atoms with E-state index in [9.17, 15) is 9.18 Å². The molecule has 134 valence electrons. The van der Waals surface area contributed by atoms with Crippen LogP contribution < -0.4 is 4.74 Å². The van der Waals surface area contributed by atoms with Crippen LogP contribution in [0.2, 0.25) is 0 Å². The van der Waals surface area contributed by atoms with Crippen molar-refractivity contribution >= 4 is 17.5 Å². The van der Waals surface area contributed by atoms with Crippen LogP contribution in [-0.4, -0.2) is 32.9 Å². The number of thioether (sulfide) groups is 1. The van der Waals surface area contributed by atoms with Crippen LogP contribution in [0.4, 0.5) is 4.39 Å². The van der Waals surface area contributed by atoms with E-state index >= 15 is 0 Å². The van der Waals surface area contributed by atoms with Gasteiger partial charge in [0.15, 0.2) is 16.8 Å². The Morgan fingerprint density at radius 3 is 2.62 bits per heavy atom. The lowest BCUT2D eigenvalue weighted by Gasteiger charge is -2.10. The average molecular weight is 371 g/mol. The molecule has 0 aliphatic heterocycles. The van der Waals surface area contributed by atoms with E-state index in [1.165, 1.54) is 36.0 Å². The van der Waals surface area contributed by atoms with E-state index in [1.54, 1.807) is 14.0 Å². The van der Waals surface area contributed by atoms with Gasteiger partial charge in [-0.3, -0.25) is 4.79 Å². The maximum Gasteiger partial charge on any atom is 0.191 e. The highest BCUT2D eigenvalue weighted by Crippen LogP contribution is 2.28. The predicted octanol–water partition coefficient (Wildman–Crippen LogP) is 3.99. The number of ether oxygens (including phenoxy) is 1. The minimum Gasteiger partial charge on any atom is -0.497 e. The van der Waals surface area contributed by atoms with Gasteiger partial charge in [0.1, 0.15) is 11.6 Å². The van der Waals surface area contributed by atoms with Gasteiger partial charge in [-0.1, -0.05) is 23.9 Å². The van der Waals surface area contributed by atoms with E-state index in [-0.39, 0.29) is 16.9 Å². The van der Waals surface area contributed by atoms with Crippen molar-refractivity contribution in [2.75, 3.05) is 7.11 Å². The topological polar surface area (TPSA) is 57.0 Å². The van der Waals surface area contributed by atoms with Gasteiger partial charge in [-0.25, -0.2) is 4.39 Å². The van der Waals surface area contributed by atoms with E-state index in [0.717, 1.165) is 11.3 Å². The predicted molar refractivity (Wildman–Crippen MR) is 99.0 cm³/mol. The SMILES string of the molecule is COc1cccc(-c2nnc(S[C@H](C)C(=O)c3ccc(F)cc3)n2C)c1. The van der Waals surface area contributed by atoms with Crippen molar-refractivity contribution in [3.63, 3.8) is 0 Å². The fraction of sp³-hybridized carbons (Fsp3) is 0.211. The smallest absolute Gasteiger partial charge is 0.191 e. The second-order valence-corrected chi connectivity index (χ2v) is 7.04. The Balaban J connectivity index is 1.79. The zero-order valence-corrected chi connectivity index (χ0v) is 15.5. The number of hydrogen-bond acceptors (Lipinski definition) is 5. The number of rotatable bonds is 6. The molecule has 0 fully saturated rings. The number of nitrogens with zero attached hydrogens (tertiary/aromatic N) is 3. The normalized spacial score (nSPS) is 12.0. The lowest BCUT2D eigenvalue weighted by atomic mass is 10.1. The van der Waals surface area contributed by atoms with E-state index in [0.29, 0.717) is 16.5 Å². The molecule has 1 aromatic heterocycles. The van der Waals surface area contributed by atoms with Gasteiger partial charge in [0, 0.05) is 18.2 Å². The van der Waals surface area contributed by atoms with Gasteiger partial charge in [-0.05, 0) is 43.3 Å². The number of benzene rings is 2. The summed E-state index contributed by atoms with van der Waals surface area (Å²) in [7, 11) is 3.46. The van der Waals surface area contributed by atoms with Crippen molar-refractivity contribution < 1.29 is 13.9 Å². The average Bonchev–Trinajstić information content (AvgIpc) is 3.02. The molecular formula is C19H18FN3O2S. The lowest BCUT2D eigenvalue weighted by molar-refractivity contribution is 0.0994. The molecule has 1 heterocycles. The number of Topliss-reactive ketones (excluding diaryl/α,β-unsaturated/α-hetero) is 1. The Bertz CT molecular complexity index is 925. The van der Waals surface area contributed by atoms with Crippen molar-refractivity contribution in [1.82, 2.24) is 14.8 Å². The summed E-state index contributed by atoms with van der Waals surface area (Å²) < 4.78 is 20.1. The fourth-order valence-corrected chi connectivity index (χ4v) is 3.38. The molecule has 0 radical (unpaired) electrons. The van der Waals surface area contributed by atoms with E-state index in [2.05, 4.69) is 10.2 Å². The maximum absolute atomic E-state index is 13.0. The van der Waals surface area contributed by atoms with Crippen LogP contribution >= 0.6 is 11.8 Å². The first-order valence-electron chi connectivity index (χ1n) is 8.00. The molecule has 3 rings (SSSR count). The van der Waals surface area contributed by atoms with Gasteiger partial charge in [0.05, 0.1) is 12.4 Å².